The second-order valence-electron chi connectivity index (χ2n) is 5.88. The smallest absolute Gasteiger partial charge is 0.191 e. The highest BCUT2D eigenvalue weighted by Gasteiger charge is 2.19. The molecule has 23 heavy (non-hydrogen) atoms. The minimum atomic E-state index is 0.500. The van der Waals surface area contributed by atoms with E-state index in [9.17, 15) is 0 Å². The quantitative estimate of drug-likeness (QED) is 0.458. The van der Waals surface area contributed by atoms with Gasteiger partial charge in [-0.2, -0.15) is 0 Å². The van der Waals surface area contributed by atoms with Crippen LogP contribution in [0.25, 0.3) is 0 Å². The number of nitrogens with one attached hydrogen (secondary N) is 2. The summed E-state index contributed by atoms with van der Waals surface area (Å²) in [5, 5.41) is 6.83. The van der Waals surface area contributed by atoms with Crippen molar-refractivity contribution in [3.8, 4) is 0 Å². The molecule has 1 saturated heterocycles. The van der Waals surface area contributed by atoms with Gasteiger partial charge in [-0.3, -0.25) is 9.89 Å². The van der Waals surface area contributed by atoms with Crippen LogP contribution in [0, 0.1) is 0 Å². The zero-order chi connectivity index (χ0) is 16.3. The molecule has 0 aliphatic carbocycles. The first-order chi connectivity index (χ1) is 11.3. The van der Waals surface area contributed by atoms with Crippen LogP contribution in [0.1, 0.15) is 25.3 Å². The summed E-state index contributed by atoms with van der Waals surface area (Å²) in [5.74, 6) is 0.881. The van der Waals surface area contributed by atoms with E-state index < -0.39 is 0 Å². The minimum Gasteiger partial charge on any atom is -0.380 e. The predicted octanol–water partition coefficient (Wildman–Crippen LogP) is 1.85. The fourth-order valence-corrected chi connectivity index (χ4v) is 2.85. The third-order valence-electron chi connectivity index (χ3n) is 4.14. The number of nitrogens with zero attached hydrogens (tertiary/aromatic N) is 2. The molecule has 0 spiro atoms. The van der Waals surface area contributed by atoms with Crippen LogP contribution in [0.4, 0.5) is 0 Å². The van der Waals surface area contributed by atoms with Gasteiger partial charge >= 0.3 is 0 Å². The molecule has 2 N–H and O–H groups in total. The molecule has 0 amide bonds. The number of hydrogen-bond donors (Lipinski definition) is 2. The van der Waals surface area contributed by atoms with E-state index in [1.807, 2.05) is 14.0 Å². The van der Waals surface area contributed by atoms with Crippen molar-refractivity contribution < 1.29 is 4.74 Å². The molecule has 1 aliphatic heterocycles. The van der Waals surface area contributed by atoms with E-state index >= 15 is 0 Å². The summed E-state index contributed by atoms with van der Waals surface area (Å²) in [6.45, 7) is 7.58. The highest BCUT2D eigenvalue weighted by Crippen LogP contribution is 2.13. The lowest BCUT2D eigenvalue weighted by Crippen LogP contribution is -2.49. The average Bonchev–Trinajstić information content (AvgIpc) is 2.60. The Labute approximate surface area is 140 Å². The van der Waals surface area contributed by atoms with Crippen LogP contribution in [0.15, 0.2) is 35.3 Å². The first-order valence-corrected chi connectivity index (χ1v) is 8.63. The summed E-state index contributed by atoms with van der Waals surface area (Å²) >= 11 is 0. The summed E-state index contributed by atoms with van der Waals surface area (Å²) in [6.07, 6.45) is 2.30. The molecule has 0 atom stereocenters. The van der Waals surface area contributed by atoms with E-state index in [-0.39, 0.29) is 0 Å². The minimum absolute atomic E-state index is 0.500. The maximum absolute atomic E-state index is 5.34. The SMILES string of the molecule is CCOCCNC(=NC)NC1CCN(Cc2ccccc2)CC1. The van der Waals surface area contributed by atoms with Gasteiger partial charge in [-0.25, -0.2) is 0 Å². The third kappa shape index (κ3) is 6.59. The van der Waals surface area contributed by atoms with Gasteiger partial charge in [0.05, 0.1) is 6.61 Å². The highest BCUT2D eigenvalue weighted by molar-refractivity contribution is 5.79. The Morgan fingerprint density at radius 2 is 2.00 bits per heavy atom. The van der Waals surface area contributed by atoms with Gasteiger partial charge < -0.3 is 15.4 Å². The lowest BCUT2D eigenvalue weighted by atomic mass is 10.0. The van der Waals surface area contributed by atoms with Crippen molar-refractivity contribution in [1.82, 2.24) is 15.5 Å². The molecule has 1 heterocycles. The van der Waals surface area contributed by atoms with Gasteiger partial charge in [0.15, 0.2) is 5.96 Å². The van der Waals surface area contributed by atoms with E-state index in [1.54, 1.807) is 0 Å². The van der Waals surface area contributed by atoms with Crippen LogP contribution in [-0.2, 0) is 11.3 Å². The molecule has 5 heteroatoms. The molecular weight excluding hydrogens is 288 g/mol. The fraction of sp³-hybridized carbons (Fsp3) is 0.611. The summed E-state index contributed by atoms with van der Waals surface area (Å²) in [7, 11) is 1.82. The van der Waals surface area contributed by atoms with Crippen LogP contribution in [-0.4, -0.2) is 56.8 Å². The molecule has 0 aromatic heterocycles. The number of aliphatic imine (C=N–C) groups is 1. The molecule has 0 unspecified atom stereocenters. The largest absolute Gasteiger partial charge is 0.380 e. The lowest BCUT2D eigenvalue weighted by molar-refractivity contribution is 0.152. The zero-order valence-corrected chi connectivity index (χ0v) is 14.4. The number of hydrogen-bond acceptors (Lipinski definition) is 3. The number of ether oxygens (including phenoxy) is 1. The number of rotatable bonds is 7. The molecule has 1 fully saturated rings. The highest BCUT2D eigenvalue weighted by atomic mass is 16.5. The fourth-order valence-electron chi connectivity index (χ4n) is 2.85. The normalized spacial score (nSPS) is 17.2. The summed E-state index contributed by atoms with van der Waals surface area (Å²) in [6, 6.07) is 11.2. The zero-order valence-electron chi connectivity index (χ0n) is 14.4. The average molecular weight is 318 g/mol. The van der Waals surface area contributed by atoms with Crippen molar-refractivity contribution in [1.29, 1.82) is 0 Å². The first kappa shape index (κ1) is 17.8. The van der Waals surface area contributed by atoms with E-state index in [0.717, 1.165) is 51.6 Å². The van der Waals surface area contributed by atoms with E-state index in [4.69, 9.17) is 4.74 Å². The first-order valence-electron chi connectivity index (χ1n) is 8.63. The van der Waals surface area contributed by atoms with Gasteiger partial charge in [-0.15, -0.1) is 0 Å². The number of guanidine groups is 1. The molecule has 0 bridgehead atoms. The van der Waals surface area contributed by atoms with Gasteiger partial charge in [0.25, 0.3) is 0 Å². The summed E-state index contributed by atoms with van der Waals surface area (Å²) in [5.41, 5.74) is 1.40. The van der Waals surface area contributed by atoms with E-state index in [0.29, 0.717) is 12.6 Å². The summed E-state index contributed by atoms with van der Waals surface area (Å²) in [4.78, 5) is 6.82. The van der Waals surface area contributed by atoms with Crippen molar-refractivity contribution in [3.63, 3.8) is 0 Å². The van der Waals surface area contributed by atoms with Crippen LogP contribution < -0.4 is 10.6 Å². The van der Waals surface area contributed by atoms with Gasteiger partial charge in [0.2, 0.25) is 0 Å². The molecule has 0 saturated carbocycles. The number of piperidine rings is 1. The third-order valence-corrected chi connectivity index (χ3v) is 4.14. The van der Waals surface area contributed by atoms with Crippen molar-refractivity contribution in [2.75, 3.05) is 39.9 Å². The van der Waals surface area contributed by atoms with Crippen LogP contribution >= 0.6 is 0 Å². The Morgan fingerprint density at radius 1 is 1.26 bits per heavy atom. The van der Waals surface area contributed by atoms with Crippen LogP contribution in [0.5, 0.6) is 0 Å². The Hall–Kier alpha value is -1.59. The second kappa shape index (κ2) is 10.2. The Bertz CT molecular complexity index is 455. The molecule has 0 radical (unpaired) electrons. The standard InChI is InChI=1S/C18H30N4O/c1-3-23-14-11-20-18(19-2)21-17-9-12-22(13-10-17)15-16-7-5-4-6-8-16/h4-8,17H,3,9-15H2,1-2H3,(H2,19,20,21). The molecule has 1 aromatic carbocycles. The molecule has 1 aliphatic rings. The lowest BCUT2D eigenvalue weighted by Gasteiger charge is -2.33. The maximum Gasteiger partial charge on any atom is 0.191 e. The van der Waals surface area contributed by atoms with Crippen LogP contribution in [0.3, 0.4) is 0 Å². The maximum atomic E-state index is 5.34. The van der Waals surface area contributed by atoms with Crippen molar-refractivity contribution in [3.05, 3.63) is 35.9 Å². The summed E-state index contributed by atoms with van der Waals surface area (Å²) < 4.78 is 5.34. The molecular formula is C18H30N4O. The Kier molecular flexibility index (Phi) is 7.90. The second-order valence-corrected chi connectivity index (χ2v) is 5.88. The Morgan fingerprint density at radius 3 is 2.65 bits per heavy atom. The topological polar surface area (TPSA) is 48.9 Å². The Balaban J connectivity index is 1.67. The molecule has 2 rings (SSSR count). The van der Waals surface area contributed by atoms with Crippen LogP contribution in [0.2, 0.25) is 0 Å². The predicted molar refractivity (Wildman–Crippen MR) is 95.7 cm³/mol. The van der Waals surface area contributed by atoms with Crippen molar-refractivity contribution in [2.24, 2.45) is 4.99 Å². The van der Waals surface area contributed by atoms with Crippen molar-refractivity contribution >= 4 is 5.96 Å². The van der Waals surface area contributed by atoms with Gasteiger partial charge in [-0.1, -0.05) is 30.3 Å². The number of benzene rings is 1. The van der Waals surface area contributed by atoms with Gasteiger partial charge in [0.1, 0.15) is 0 Å². The van der Waals surface area contributed by atoms with Crippen molar-refractivity contribution in [2.45, 2.75) is 32.4 Å². The van der Waals surface area contributed by atoms with E-state index in [2.05, 4.69) is 50.9 Å². The molecule has 128 valence electrons. The van der Waals surface area contributed by atoms with Gasteiger partial charge in [-0.05, 0) is 25.3 Å². The molecule has 1 aromatic rings. The van der Waals surface area contributed by atoms with Gasteiger partial charge in [0, 0.05) is 45.9 Å². The molecule has 5 nitrogen and oxygen atoms in total. The monoisotopic (exact) mass is 318 g/mol. The van der Waals surface area contributed by atoms with E-state index in [1.165, 1.54) is 5.56 Å². The number of likely N-dealkylation sites (tertiary alicyclic amines) is 1.